The van der Waals surface area contributed by atoms with Crippen LogP contribution in [0, 0.1) is 0 Å². The van der Waals surface area contributed by atoms with Crippen LogP contribution < -0.4 is 15.4 Å². The molecule has 1 aliphatic carbocycles. The summed E-state index contributed by atoms with van der Waals surface area (Å²) >= 11 is 0. The molecule has 0 spiro atoms. The van der Waals surface area contributed by atoms with Crippen LogP contribution in [-0.4, -0.2) is 67.4 Å². The van der Waals surface area contributed by atoms with E-state index in [-0.39, 0.29) is 29.5 Å². The van der Waals surface area contributed by atoms with Crippen molar-refractivity contribution in [2.45, 2.75) is 64.1 Å². The Bertz CT molecular complexity index is 659. The molecule has 0 atom stereocenters. The highest BCUT2D eigenvalue weighted by atomic mass is 127. The van der Waals surface area contributed by atoms with E-state index < -0.39 is 0 Å². The van der Waals surface area contributed by atoms with E-state index in [0.29, 0.717) is 12.6 Å². The van der Waals surface area contributed by atoms with E-state index in [1.54, 1.807) is 7.05 Å². The molecule has 1 aliphatic heterocycles. The molecule has 1 saturated carbocycles. The molecule has 0 amide bonds. The summed E-state index contributed by atoms with van der Waals surface area (Å²) in [6.45, 7) is 9.59. The molecule has 2 fully saturated rings. The maximum atomic E-state index is 6.09. The second-order valence-electron chi connectivity index (χ2n) is 8.57. The third-order valence-electron chi connectivity index (χ3n) is 5.88. The Morgan fingerprint density at radius 1 is 1.23 bits per heavy atom. The Balaban J connectivity index is 0.00000320. The van der Waals surface area contributed by atoms with Crippen molar-refractivity contribution >= 4 is 29.9 Å². The molecule has 1 saturated heterocycles. The van der Waals surface area contributed by atoms with Gasteiger partial charge in [-0.2, -0.15) is 0 Å². The van der Waals surface area contributed by atoms with Gasteiger partial charge in [-0.15, -0.1) is 24.0 Å². The molecule has 3 rings (SSSR count). The summed E-state index contributed by atoms with van der Waals surface area (Å²) in [4.78, 5) is 11.2. The van der Waals surface area contributed by atoms with Crippen LogP contribution in [0.1, 0.15) is 51.5 Å². The minimum atomic E-state index is 0. The van der Waals surface area contributed by atoms with Gasteiger partial charge >= 0.3 is 0 Å². The number of nitrogens with zero attached hydrogens (tertiary/aromatic N) is 3. The predicted molar refractivity (Wildman–Crippen MR) is 132 cm³/mol. The molecule has 2 heterocycles. The lowest BCUT2D eigenvalue weighted by molar-refractivity contribution is -0.00834. The van der Waals surface area contributed by atoms with Crippen molar-refractivity contribution in [3.63, 3.8) is 0 Å². The van der Waals surface area contributed by atoms with Crippen molar-refractivity contribution in [3.05, 3.63) is 23.9 Å². The number of halogens is 1. The number of pyridine rings is 1. The van der Waals surface area contributed by atoms with Crippen LogP contribution >= 0.6 is 24.0 Å². The molecular formula is C22H38IN5O2. The van der Waals surface area contributed by atoms with Crippen molar-refractivity contribution in [2.75, 3.05) is 39.9 Å². The highest BCUT2D eigenvalue weighted by molar-refractivity contribution is 14.0. The normalized spacial score (nSPS) is 19.1. The van der Waals surface area contributed by atoms with Gasteiger partial charge in [0.15, 0.2) is 5.96 Å². The summed E-state index contributed by atoms with van der Waals surface area (Å²) in [5.74, 6) is 1.53. The Labute approximate surface area is 198 Å². The van der Waals surface area contributed by atoms with Gasteiger partial charge < -0.3 is 20.1 Å². The van der Waals surface area contributed by atoms with Gasteiger partial charge in [-0.25, -0.2) is 4.98 Å². The van der Waals surface area contributed by atoms with Gasteiger partial charge in [0, 0.05) is 51.0 Å². The van der Waals surface area contributed by atoms with Crippen LogP contribution in [0.5, 0.6) is 5.88 Å². The molecule has 170 valence electrons. The third kappa shape index (κ3) is 7.85. The summed E-state index contributed by atoms with van der Waals surface area (Å²) in [7, 11) is 1.81. The third-order valence-corrected chi connectivity index (χ3v) is 5.88. The molecular weight excluding hydrogens is 493 g/mol. The van der Waals surface area contributed by atoms with Crippen molar-refractivity contribution in [3.8, 4) is 5.88 Å². The minimum absolute atomic E-state index is 0. The van der Waals surface area contributed by atoms with Crippen LogP contribution in [-0.2, 0) is 11.3 Å². The van der Waals surface area contributed by atoms with Crippen LogP contribution in [0.4, 0.5) is 0 Å². The second-order valence-corrected chi connectivity index (χ2v) is 8.57. The lowest BCUT2D eigenvalue weighted by atomic mass is 9.98. The van der Waals surface area contributed by atoms with Gasteiger partial charge in [0.25, 0.3) is 0 Å². The zero-order valence-corrected chi connectivity index (χ0v) is 21.0. The number of nitrogens with one attached hydrogen (secondary N) is 2. The van der Waals surface area contributed by atoms with Crippen LogP contribution in [0.15, 0.2) is 23.3 Å². The van der Waals surface area contributed by atoms with Crippen molar-refractivity contribution in [2.24, 2.45) is 4.99 Å². The van der Waals surface area contributed by atoms with E-state index in [4.69, 9.17) is 9.47 Å². The van der Waals surface area contributed by atoms with Crippen molar-refractivity contribution < 1.29 is 9.47 Å². The average Bonchev–Trinajstić information content (AvgIpc) is 2.75. The molecule has 0 radical (unpaired) electrons. The maximum absolute atomic E-state index is 6.09. The monoisotopic (exact) mass is 531 g/mol. The zero-order valence-electron chi connectivity index (χ0n) is 18.7. The Hall–Kier alpha value is -1.13. The molecule has 0 aromatic carbocycles. The van der Waals surface area contributed by atoms with Crippen molar-refractivity contribution in [1.82, 2.24) is 20.5 Å². The highest BCUT2D eigenvalue weighted by Gasteiger charge is 2.28. The molecule has 8 heteroatoms. The average molecular weight is 531 g/mol. The topological polar surface area (TPSA) is 71.0 Å². The van der Waals surface area contributed by atoms with E-state index in [0.717, 1.165) is 63.1 Å². The molecule has 1 aromatic heterocycles. The van der Waals surface area contributed by atoms with E-state index in [1.165, 1.54) is 19.3 Å². The van der Waals surface area contributed by atoms with Crippen molar-refractivity contribution in [1.29, 1.82) is 0 Å². The molecule has 7 nitrogen and oxygen atoms in total. The second kappa shape index (κ2) is 12.7. The number of rotatable bonds is 7. The Morgan fingerprint density at radius 2 is 1.97 bits per heavy atom. The van der Waals surface area contributed by atoms with E-state index in [1.807, 2.05) is 18.3 Å². The lowest BCUT2D eigenvalue weighted by Gasteiger charge is -2.41. The van der Waals surface area contributed by atoms with Crippen LogP contribution in [0.3, 0.4) is 0 Å². The fraction of sp³-hybridized carbons (Fsp3) is 0.727. The summed E-state index contributed by atoms with van der Waals surface area (Å²) in [6, 6.07) is 4.05. The highest BCUT2D eigenvalue weighted by Crippen LogP contribution is 2.22. The molecule has 2 N–H and O–H groups in total. The van der Waals surface area contributed by atoms with Gasteiger partial charge in [0.05, 0.1) is 13.2 Å². The van der Waals surface area contributed by atoms with Gasteiger partial charge in [-0.1, -0.05) is 6.42 Å². The first kappa shape index (κ1) is 25.1. The number of ether oxygens (including phenoxy) is 2. The first-order chi connectivity index (χ1) is 14.1. The molecule has 1 aromatic rings. The number of hydrogen-bond donors (Lipinski definition) is 2. The number of guanidine groups is 1. The standard InChI is InChI=1S/C22H37N5O2.HI/c1-22(2,27-11-13-28-14-12-27)17-26-21(23-3)25-16-18-9-10-24-20(15-18)29-19-7-5-4-6-8-19;/h9-10,15,19H,4-8,11-14,16-17H2,1-3H3,(H2,23,25,26);1H. The Kier molecular flexibility index (Phi) is 10.6. The van der Waals surface area contributed by atoms with Crippen LogP contribution in [0.2, 0.25) is 0 Å². The van der Waals surface area contributed by atoms with E-state index in [2.05, 4.69) is 39.4 Å². The first-order valence-electron chi connectivity index (χ1n) is 11.0. The predicted octanol–water partition coefficient (Wildman–Crippen LogP) is 3.19. The SMILES string of the molecule is CN=C(NCc1ccnc(OC2CCCCC2)c1)NCC(C)(C)N1CCOCC1.I. The largest absolute Gasteiger partial charge is 0.474 e. The van der Waals surface area contributed by atoms with E-state index in [9.17, 15) is 0 Å². The number of hydrogen-bond acceptors (Lipinski definition) is 5. The Morgan fingerprint density at radius 3 is 2.67 bits per heavy atom. The smallest absolute Gasteiger partial charge is 0.213 e. The number of aromatic nitrogens is 1. The van der Waals surface area contributed by atoms with Gasteiger partial charge in [-0.3, -0.25) is 9.89 Å². The summed E-state index contributed by atoms with van der Waals surface area (Å²) in [5, 5.41) is 6.87. The minimum Gasteiger partial charge on any atom is -0.474 e. The van der Waals surface area contributed by atoms with Gasteiger partial charge in [0.2, 0.25) is 5.88 Å². The lowest BCUT2D eigenvalue weighted by Crippen LogP contribution is -2.56. The van der Waals surface area contributed by atoms with Gasteiger partial charge in [0.1, 0.15) is 6.10 Å². The molecule has 2 aliphatic rings. The summed E-state index contributed by atoms with van der Waals surface area (Å²) in [6.07, 6.45) is 8.26. The quantitative estimate of drug-likeness (QED) is 0.320. The van der Waals surface area contributed by atoms with Crippen LogP contribution in [0.25, 0.3) is 0 Å². The summed E-state index contributed by atoms with van der Waals surface area (Å²) < 4.78 is 11.6. The molecule has 0 bridgehead atoms. The first-order valence-corrected chi connectivity index (χ1v) is 11.0. The number of morpholine rings is 1. The molecule has 0 unspecified atom stereocenters. The number of aliphatic imine (C=N–C) groups is 1. The zero-order chi connectivity index (χ0) is 20.5. The fourth-order valence-electron chi connectivity index (χ4n) is 3.97. The fourth-order valence-corrected chi connectivity index (χ4v) is 3.97. The van der Waals surface area contributed by atoms with Gasteiger partial charge in [-0.05, 0) is 51.2 Å². The molecule has 30 heavy (non-hydrogen) atoms. The van der Waals surface area contributed by atoms with E-state index >= 15 is 0 Å². The maximum Gasteiger partial charge on any atom is 0.213 e. The summed E-state index contributed by atoms with van der Waals surface area (Å²) in [5.41, 5.74) is 1.18.